The molecule has 0 amide bonds. The van der Waals surface area contributed by atoms with Crippen molar-refractivity contribution >= 4 is 27.1 Å². The van der Waals surface area contributed by atoms with E-state index in [1.165, 1.54) is 48.5 Å². The van der Waals surface area contributed by atoms with E-state index < -0.39 is 39.3 Å². The molecule has 10 heteroatoms. The van der Waals surface area contributed by atoms with Crippen LogP contribution >= 0.6 is 11.3 Å². The first-order chi connectivity index (χ1) is 17.2. The van der Waals surface area contributed by atoms with Gasteiger partial charge < -0.3 is 9.84 Å². The molecule has 0 saturated carbocycles. The third-order valence-corrected chi connectivity index (χ3v) is 9.52. The first-order valence-electron chi connectivity index (χ1n) is 11.0. The Morgan fingerprint density at radius 2 is 1.58 bits per heavy atom. The number of ether oxygens (including phenoxy) is 1. The number of aryl methyl sites for hydroxylation is 1. The van der Waals surface area contributed by atoms with E-state index in [2.05, 4.69) is 4.98 Å². The summed E-state index contributed by atoms with van der Waals surface area (Å²) in [6.07, 6.45) is 1.06. The van der Waals surface area contributed by atoms with Gasteiger partial charge in [0.25, 0.3) is 0 Å². The summed E-state index contributed by atoms with van der Waals surface area (Å²) >= 11 is 1.07. The zero-order valence-corrected chi connectivity index (χ0v) is 20.3. The van der Waals surface area contributed by atoms with Crippen LogP contribution in [-0.2, 0) is 27.5 Å². The number of carbonyl (C=O) groups is 1. The summed E-state index contributed by atoms with van der Waals surface area (Å²) in [7, 11) is -4.11. The molecule has 0 aliphatic heterocycles. The highest BCUT2D eigenvalue weighted by atomic mass is 32.2. The standard InChI is InChI=1S/C26H19F2NO5S2/c27-17-8-4-15(5-9-17)25(16-6-10-18(28)11-7-16)36(32,33)26-29-24-20-2-1-3-21(34-14-23(30)31)19(20)12-13-22(24)35-26/h1-11,25H,12-14H2,(H,30,31). The van der Waals surface area contributed by atoms with Gasteiger partial charge in [-0.25, -0.2) is 27.0 Å². The number of rotatable bonds is 7. The fourth-order valence-corrected chi connectivity index (χ4v) is 7.63. The molecule has 0 atom stereocenters. The molecular weight excluding hydrogens is 508 g/mol. The normalized spacial score (nSPS) is 12.8. The average Bonchev–Trinajstić information content (AvgIpc) is 3.31. The van der Waals surface area contributed by atoms with Crippen LogP contribution in [0, 0.1) is 11.6 Å². The van der Waals surface area contributed by atoms with Gasteiger partial charge in [0.1, 0.15) is 22.6 Å². The maximum Gasteiger partial charge on any atom is 0.341 e. The van der Waals surface area contributed by atoms with Crippen molar-refractivity contribution in [1.82, 2.24) is 4.98 Å². The van der Waals surface area contributed by atoms with Gasteiger partial charge in [-0.1, -0.05) is 36.4 Å². The van der Waals surface area contributed by atoms with Crippen LogP contribution < -0.4 is 4.74 Å². The number of benzene rings is 3. The van der Waals surface area contributed by atoms with Crippen LogP contribution in [-0.4, -0.2) is 31.1 Å². The van der Waals surface area contributed by atoms with Gasteiger partial charge in [-0.05, 0) is 54.3 Å². The van der Waals surface area contributed by atoms with Crippen LogP contribution in [0.1, 0.15) is 26.8 Å². The summed E-state index contributed by atoms with van der Waals surface area (Å²) in [6.45, 7) is -0.489. The molecule has 1 aromatic heterocycles. The van der Waals surface area contributed by atoms with Crippen molar-refractivity contribution in [3.05, 3.63) is 99.9 Å². The third-order valence-electron chi connectivity index (χ3n) is 5.92. The maximum atomic E-state index is 13.9. The quantitative estimate of drug-likeness (QED) is 0.355. The second kappa shape index (κ2) is 9.44. The number of thiazole rings is 1. The SMILES string of the molecule is O=C(O)COc1cccc2c1CCc1sc(S(=O)(=O)C(c3ccc(F)cc3)c3ccc(F)cc3)nc1-2. The van der Waals surface area contributed by atoms with Gasteiger partial charge in [0, 0.05) is 16.0 Å². The number of nitrogens with zero attached hydrogens (tertiary/aromatic N) is 1. The van der Waals surface area contributed by atoms with Crippen molar-refractivity contribution in [1.29, 1.82) is 0 Å². The highest BCUT2D eigenvalue weighted by Gasteiger charge is 2.36. The molecule has 1 aliphatic carbocycles. The Kier molecular flexibility index (Phi) is 6.31. The van der Waals surface area contributed by atoms with E-state index in [4.69, 9.17) is 9.84 Å². The van der Waals surface area contributed by atoms with E-state index in [9.17, 15) is 22.0 Å². The number of halogens is 2. The molecule has 5 rings (SSSR count). The van der Waals surface area contributed by atoms with Gasteiger partial charge in [0.05, 0.1) is 5.69 Å². The fraction of sp³-hybridized carbons (Fsp3) is 0.154. The van der Waals surface area contributed by atoms with Crippen molar-refractivity contribution in [2.24, 2.45) is 0 Å². The van der Waals surface area contributed by atoms with Gasteiger partial charge in [-0.2, -0.15) is 0 Å². The molecule has 36 heavy (non-hydrogen) atoms. The van der Waals surface area contributed by atoms with Gasteiger partial charge in [0.2, 0.25) is 14.2 Å². The molecule has 4 aromatic rings. The molecule has 0 unspecified atom stereocenters. The number of fused-ring (bicyclic) bond motifs is 3. The first kappa shape index (κ1) is 24.1. The van der Waals surface area contributed by atoms with Crippen LogP contribution in [0.4, 0.5) is 8.78 Å². The van der Waals surface area contributed by atoms with E-state index >= 15 is 0 Å². The minimum absolute atomic E-state index is 0.101. The van der Waals surface area contributed by atoms with E-state index in [-0.39, 0.29) is 4.34 Å². The fourth-order valence-electron chi connectivity index (χ4n) is 4.32. The number of hydrogen-bond acceptors (Lipinski definition) is 6. The van der Waals surface area contributed by atoms with E-state index in [0.29, 0.717) is 41.0 Å². The van der Waals surface area contributed by atoms with Crippen molar-refractivity contribution in [2.75, 3.05) is 6.61 Å². The Bertz CT molecular complexity index is 1500. The largest absolute Gasteiger partial charge is 0.482 e. The molecule has 6 nitrogen and oxygen atoms in total. The van der Waals surface area contributed by atoms with Gasteiger partial charge in [0.15, 0.2) is 6.61 Å². The Morgan fingerprint density at radius 1 is 0.972 bits per heavy atom. The van der Waals surface area contributed by atoms with Crippen LogP contribution in [0.15, 0.2) is 71.1 Å². The molecule has 1 aliphatic rings. The molecular formula is C26H19F2NO5S2. The lowest BCUT2D eigenvalue weighted by molar-refractivity contribution is -0.139. The van der Waals surface area contributed by atoms with Crippen molar-refractivity contribution in [2.45, 2.75) is 22.4 Å². The molecule has 184 valence electrons. The van der Waals surface area contributed by atoms with E-state index in [0.717, 1.165) is 21.8 Å². The average molecular weight is 528 g/mol. The monoisotopic (exact) mass is 527 g/mol. The number of aromatic nitrogens is 1. The number of carboxylic acid groups (broad SMARTS) is 1. The lowest BCUT2D eigenvalue weighted by Crippen LogP contribution is -2.15. The highest BCUT2D eigenvalue weighted by molar-refractivity contribution is 7.93. The van der Waals surface area contributed by atoms with Gasteiger partial charge in [-0.15, -0.1) is 11.3 Å². The zero-order valence-electron chi connectivity index (χ0n) is 18.6. The van der Waals surface area contributed by atoms with Crippen LogP contribution in [0.3, 0.4) is 0 Å². The summed E-state index contributed by atoms with van der Waals surface area (Å²) in [6, 6.07) is 15.5. The predicted octanol–water partition coefficient (Wildman–Crippen LogP) is 5.21. The van der Waals surface area contributed by atoms with Crippen molar-refractivity contribution in [3.63, 3.8) is 0 Å². The van der Waals surface area contributed by atoms with Crippen LogP contribution in [0.5, 0.6) is 5.75 Å². The predicted molar refractivity (Wildman–Crippen MR) is 130 cm³/mol. The summed E-state index contributed by atoms with van der Waals surface area (Å²) < 4.78 is 60.4. The summed E-state index contributed by atoms with van der Waals surface area (Å²) in [5.74, 6) is -1.68. The van der Waals surface area contributed by atoms with Crippen molar-refractivity contribution < 1.29 is 31.8 Å². The molecule has 1 N–H and O–H groups in total. The smallest absolute Gasteiger partial charge is 0.341 e. The lowest BCUT2D eigenvalue weighted by Gasteiger charge is -2.18. The lowest BCUT2D eigenvalue weighted by atomic mass is 9.93. The third kappa shape index (κ3) is 4.49. The summed E-state index contributed by atoms with van der Waals surface area (Å²) in [5.41, 5.74) is 2.64. The maximum absolute atomic E-state index is 13.9. The second-order valence-corrected chi connectivity index (χ2v) is 11.5. The number of aliphatic carboxylic acids is 1. The summed E-state index contributed by atoms with van der Waals surface area (Å²) in [5, 5.41) is 7.74. The highest BCUT2D eigenvalue weighted by Crippen LogP contribution is 2.44. The second-order valence-electron chi connectivity index (χ2n) is 8.24. The van der Waals surface area contributed by atoms with Crippen LogP contribution in [0.25, 0.3) is 11.3 Å². The number of sulfone groups is 1. The number of hydrogen-bond donors (Lipinski definition) is 1. The molecule has 3 aromatic carbocycles. The molecule has 0 radical (unpaired) electrons. The first-order valence-corrected chi connectivity index (χ1v) is 13.3. The molecule has 0 saturated heterocycles. The topological polar surface area (TPSA) is 93.6 Å². The van der Waals surface area contributed by atoms with E-state index in [1.807, 2.05) is 0 Å². The molecule has 1 heterocycles. The molecule has 0 bridgehead atoms. The Labute approximate surface area is 209 Å². The van der Waals surface area contributed by atoms with Gasteiger partial charge >= 0.3 is 5.97 Å². The van der Waals surface area contributed by atoms with Crippen molar-refractivity contribution in [3.8, 4) is 17.0 Å². The Hall–Kier alpha value is -3.63. The van der Waals surface area contributed by atoms with Gasteiger partial charge in [-0.3, -0.25) is 0 Å². The minimum atomic E-state index is -4.11. The Balaban J connectivity index is 1.59. The number of carboxylic acids is 1. The Morgan fingerprint density at radius 3 is 2.17 bits per heavy atom. The zero-order chi connectivity index (χ0) is 25.4. The van der Waals surface area contributed by atoms with Crippen LogP contribution in [0.2, 0.25) is 0 Å². The minimum Gasteiger partial charge on any atom is -0.482 e. The summed E-state index contributed by atoms with van der Waals surface area (Å²) in [4.78, 5) is 16.2. The molecule has 0 fully saturated rings. The van der Waals surface area contributed by atoms with E-state index in [1.54, 1.807) is 18.2 Å². The molecule has 0 spiro atoms.